The predicted molar refractivity (Wildman–Crippen MR) is 46.5 cm³/mol. The third-order valence-corrected chi connectivity index (χ3v) is 1.84. The van der Waals surface area contributed by atoms with E-state index in [9.17, 15) is 4.79 Å². The summed E-state index contributed by atoms with van der Waals surface area (Å²) in [6.07, 6.45) is 1.43. The highest BCUT2D eigenvalue weighted by molar-refractivity contribution is 9.10. The average molecular weight is 231 g/mol. The van der Waals surface area contributed by atoms with Crippen LogP contribution in [-0.4, -0.2) is 16.1 Å². The standard InChI is InChI=1S/C7H7BrN2O2/c8-5-2-1-4(3-10-5)6(9)7(11)12/h1-3,6H,9H2,(H,11,12). The highest BCUT2D eigenvalue weighted by Crippen LogP contribution is 2.11. The zero-order valence-corrected chi connectivity index (χ0v) is 7.65. The van der Waals surface area contributed by atoms with E-state index < -0.39 is 12.0 Å². The molecule has 0 amide bonds. The molecule has 1 unspecified atom stereocenters. The third-order valence-electron chi connectivity index (χ3n) is 1.38. The van der Waals surface area contributed by atoms with Crippen LogP contribution in [-0.2, 0) is 4.79 Å². The summed E-state index contributed by atoms with van der Waals surface area (Å²) in [4.78, 5) is 14.3. The predicted octanol–water partition coefficient (Wildman–Crippen LogP) is 0.928. The second-order valence-electron chi connectivity index (χ2n) is 2.23. The van der Waals surface area contributed by atoms with Crippen LogP contribution in [0.2, 0.25) is 0 Å². The van der Waals surface area contributed by atoms with Crippen LogP contribution >= 0.6 is 15.9 Å². The average Bonchev–Trinajstić information content (AvgIpc) is 2.04. The van der Waals surface area contributed by atoms with Crippen LogP contribution in [0.5, 0.6) is 0 Å². The highest BCUT2D eigenvalue weighted by atomic mass is 79.9. The Morgan fingerprint density at radius 1 is 1.67 bits per heavy atom. The first kappa shape index (κ1) is 9.15. The van der Waals surface area contributed by atoms with Crippen molar-refractivity contribution in [1.29, 1.82) is 0 Å². The Kier molecular flexibility index (Phi) is 2.78. The third kappa shape index (κ3) is 2.02. The molecular weight excluding hydrogens is 224 g/mol. The molecule has 0 fully saturated rings. The molecule has 64 valence electrons. The molecule has 0 aliphatic heterocycles. The van der Waals surface area contributed by atoms with Crippen LogP contribution in [0.15, 0.2) is 22.9 Å². The first-order valence-electron chi connectivity index (χ1n) is 3.21. The number of halogens is 1. The van der Waals surface area contributed by atoms with Crippen molar-refractivity contribution in [3.8, 4) is 0 Å². The minimum absolute atomic E-state index is 0.491. The van der Waals surface area contributed by atoms with Gasteiger partial charge in [0.2, 0.25) is 0 Å². The fraction of sp³-hybridized carbons (Fsp3) is 0.143. The van der Waals surface area contributed by atoms with E-state index in [-0.39, 0.29) is 0 Å². The lowest BCUT2D eigenvalue weighted by molar-refractivity contribution is -0.138. The summed E-state index contributed by atoms with van der Waals surface area (Å²) in [5.41, 5.74) is 5.82. The molecule has 0 saturated heterocycles. The number of nitrogens with zero attached hydrogens (tertiary/aromatic N) is 1. The van der Waals surface area contributed by atoms with Crippen molar-refractivity contribution in [3.63, 3.8) is 0 Å². The van der Waals surface area contributed by atoms with Crippen LogP contribution in [0.25, 0.3) is 0 Å². The van der Waals surface area contributed by atoms with Gasteiger partial charge in [0.1, 0.15) is 10.6 Å². The maximum Gasteiger partial charge on any atom is 0.325 e. The maximum absolute atomic E-state index is 10.4. The monoisotopic (exact) mass is 230 g/mol. The number of aromatic nitrogens is 1. The minimum Gasteiger partial charge on any atom is -0.480 e. The van der Waals surface area contributed by atoms with E-state index in [2.05, 4.69) is 20.9 Å². The molecule has 12 heavy (non-hydrogen) atoms. The van der Waals surface area contributed by atoms with Gasteiger partial charge in [0, 0.05) is 6.20 Å². The highest BCUT2D eigenvalue weighted by Gasteiger charge is 2.13. The molecule has 0 aliphatic rings. The maximum atomic E-state index is 10.4. The van der Waals surface area contributed by atoms with Crippen LogP contribution in [0, 0.1) is 0 Å². The molecule has 0 saturated carbocycles. The van der Waals surface area contributed by atoms with Crippen LogP contribution in [0.1, 0.15) is 11.6 Å². The van der Waals surface area contributed by atoms with Gasteiger partial charge in [-0.1, -0.05) is 6.07 Å². The van der Waals surface area contributed by atoms with Crippen molar-refractivity contribution in [3.05, 3.63) is 28.5 Å². The lowest BCUT2D eigenvalue weighted by Gasteiger charge is -2.04. The van der Waals surface area contributed by atoms with Gasteiger partial charge < -0.3 is 10.8 Å². The second-order valence-corrected chi connectivity index (χ2v) is 3.04. The normalized spacial score (nSPS) is 12.5. The molecule has 5 heteroatoms. The fourth-order valence-electron chi connectivity index (χ4n) is 0.714. The molecule has 0 aromatic carbocycles. The van der Waals surface area contributed by atoms with Crippen molar-refractivity contribution in [2.45, 2.75) is 6.04 Å². The summed E-state index contributed by atoms with van der Waals surface area (Å²) in [7, 11) is 0. The molecule has 0 spiro atoms. The number of rotatable bonds is 2. The lowest BCUT2D eigenvalue weighted by atomic mass is 10.1. The molecule has 0 radical (unpaired) electrons. The summed E-state index contributed by atoms with van der Waals surface area (Å²) in [6, 6.07) is 2.28. The van der Waals surface area contributed by atoms with E-state index in [0.29, 0.717) is 10.2 Å². The lowest BCUT2D eigenvalue weighted by Crippen LogP contribution is -2.20. The minimum atomic E-state index is -1.06. The van der Waals surface area contributed by atoms with Crippen molar-refractivity contribution in [2.75, 3.05) is 0 Å². The first-order valence-corrected chi connectivity index (χ1v) is 4.00. The molecule has 0 bridgehead atoms. The molecule has 1 aromatic heterocycles. The summed E-state index contributed by atoms with van der Waals surface area (Å²) in [5, 5.41) is 8.54. The summed E-state index contributed by atoms with van der Waals surface area (Å²) < 4.78 is 0.656. The number of pyridine rings is 1. The van der Waals surface area contributed by atoms with Crippen LogP contribution < -0.4 is 5.73 Å². The van der Waals surface area contributed by atoms with E-state index in [1.54, 1.807) is 12.1 Å². The largest absolute Gasteiger partial charge is 0.480 e. The molecule has 1 atom stereocenters. The van der Waals surface area contributed by atoms with E-state index in [0.717, 1.165) is 0 Å². The zero-order chi connectivity index (χ0) is 9.14. The Balaban J connectivity index is 2.89. The Bertz CT molecular complexity index is 286. The van der Waals surface area contributed by atoms with E-state index in [1.807, 2.05) is 0 Å². The number of carboxylic acid groups (broad SMARTS) is 1. The number of carbonyl (C=O) groups is 1. The second kappa shape index (κ2) is 3.64. The Morgan fingerprint density at radius 3 is 2.75 bits per heavy atom. The topological polar surface area (TPSA) is 76.2 Å². The van der Waals surface area contributed by atoms with Gasteiger partial charge in [-0.3, -0.25) is 4.79 Å². The molecular formula is C7H7BrN2O2. The van der Waals surface area contributed by atoms with Crippen LogP contribution in [0.3, 0.4) is 0 Å². The quantitative estimate of drug-likeness (QED) is 0.742. The van der Waals surface area contributed by atoms with Crippen molar-refractivity contribution in [1.82, 2.24) is 4.98 Å². The van der Waals surface area contributed by atoms with Gasteiger partial charge in [-0.15, -0.1) is 0 Å². The zero-order valence-electron chi connectivity index (χ0n) is 6.07. The summed E-state index contributed by atoms with van der Waals surface area (Å²) in [5.74, 6) is -1.06. The fourth-order valence-corrected chi connectivity index (χ4v) is 0.948. The van der Waals surface area contributed by atoms with Crippen molar-refractivity contribution >= 4 is 21.9 Å². The van der Waals surface area contributed by atoms with Crippen molar-refractivity contribution in [2.24, 2.45) is 5.73 Å². The van der Waals surface area contributed by atoms with Gasteiger partial charge in [0.05, 0.1) is 0 Å². The van der Waals surface area contributed by atoms with Crippen molar-refractivity contribution < 1.29 is 9.90 Å². The Morgan fingerprint density at radius 2 is 2.33 bits per heavy atom. The van der Waals surface area contributed by atoms with Crippen LogP contribution in [0.4, 0.5) is 0 Å². The Labute approximate surface area is 77.5 Å². The number of carboxylic acids is 1. The molecule has 0 aliphatic carbocycles. The molecule has 1 rings (SSSR count). The molecule has 4 nitrogen and oxygen atoms in total. The van der Waals surface area contributed by atoms with E-state index >= 15 is 0 Å². The number of aliphatic carboxylic acids is 1. The Hall–Kier alpha value is -0.940. The van der Waals surface area contributed by atoms with E-state index in [1.165, 1.54) is 6.20 Å². The first-order chi connectivity index (χ1) is 5.61. The summed E-state index contributed by atoms with van der Waals surface area (Å²) >= 11 is 3.13. The molecule has 1 heterocycles. The molecule has 3 N–H and O–H groups in total. The van der Waals surface area contributed by atoms with Gasteiger partial charge in [-0.2, -0.15) is 0 Å². The number of nitrogens with two attached hydrogens (primary N) is 1. The van der Waals surface area contributed by atoms with Gasteiger partial charge in [0.25, 0.3) is 0 Å². The molecule has 1 aromatic rings. The number of hydrogen-bond acceptors (Lipinski definition) is 3. The summed E-state index contributed by atoms with van der Waals surface area (Å²) in [6.45, 7) is 0. The smallest absolute Gasteiger partial charge is 0.325 e. The van der Waals surface area contributed by atoms with Gasteiger partial charge in [-0.25, -0.2) is 4.98 Å². The SMILES string of the molecule is NC(C(=O)O)c1ccc(Br)nc1. The number of hydrogen-bond donors (Lipinski definition) is 2. The van der Waals surface area contributed by atoms with Gasteiger partial charge in [-0.05, 0) is 27.6 Å². The van der Waals surface area contributed by atoms with Gasteiger partial charge >= 0.3 is 5.97 Å². The van der Waals surface area contributed by atoms with E-state index in [4.69, 9.17) is 10.8 Å². The van der Waals surface area contributed by atoms with Gasteiger partial charge in [0.15, 0.2) is 0 Å².